The third-order valence-electron chi connectivity index (χ3n) is 2.48. The van der Waals surface area contributed by atoms with Gasteiger partial charge in [0.25, 0.3) is 0 Å². The van der Waals surface area contributed by atoms with Crippen LogP contribution in [-0.4, -0.2) is 21.3 Å². The average molecular weight is 297 g/mol. The minimum Gasteiger partial charge on any atom is -0.508 e. The van der Waals surface area contributed by atoms with Gasteiger partial charge in [-0.2, -0.15) is 0 Å². The topological polar surface area (TPSA) is 77.8 Å². The first-order valence-electron chi connectivity index (χ1n) is 4.82. The molecule has 88 valence electrons. The van der Waals surface area contributed by atoms with Crippen LogP contribution in [0.25, 0.3) is 10.8 Å². The van der Waals surface area contributed by atoms with Crippen LogP contribution in [0.1, 0.15) is 11.7 Å². The molecule has 5 heteroatoms. The number of aliphatic hydroxyl groups is 1. The fraction of sp³-hybridized carbons (Fsp3) is 0.0833. The second-order valence-electron chi connectivity index (χ2n) is 3.64. The van der Waals surface area contributed by atoms with Crippen LogP contribution >= 0.6 is 15.9 Å². The first-order chi connectivity index (χ1) is 7.99. The number of benzene rings is 2. The van der Waals surface area contributed by atoms with Gasteiger partial charge in [-0.15, -0.1) is 0 Å². The van der Waals surface area contributed by atoms with E-state index in [9.17, 15) is 15.0 Å². The Morgan fingerprint density at radius 2 is 1.88 bits per heavy atom. The van der Waals surface area contributed by atoms with E-state index in [-0.39, 0.29) is 11.3 Å². The van der Waals surface area contributed by atoms with E-state index in [1.807, 2.05) is 6.07 Å². The van der Waals surface area contributed by atoms with Crippen molar-refractivity contribution in [1.82, 2.24) is 0 Å². The molecule has 2 aromatic rings. The molecule has 0 spiro atoms. The Morgan fingerprint density at radius 3 is 2.53 bits per heavy atom. The zero-order valence-corrected chi connectivity index (χ0v) is 10.2. The Bertz CT molecular complexity index is 594. The molecular formula is C12H9BrO4. The van der Waals surface area contributed by atoms with E-state index in [2.05, 4.69) is 15.9 Å². The summed E-state index contributed by atoms with van der Waals surface area (Å²) in [7, 11) is 0. The van der Waals surface area contributed by atoms with Crippen molar-refractivity contribution >= 4 is 32.7 Å². The van der Waals surface area contributed by atoms with Gasteiger partial charge in [-0.25, -0.2) is 4.79 Å². The first-order valence-corrected chi connectivity index (χ1v) is 5.61. The SMILES string of the molecule is O=C(O)C(O)c1cc2cc(Br)ccc2cc1O. The minimum atomic E-state index is -1.72. The summed E-state index contributed by atoms with van der Waals surface area (Å²) >= 11 is 3.30. The van der Waals surface area contributed by atoms with Crippen LogP contribution in [0, 0.1) is 0 Å². The normalized spacial score (nSPS) is 12.6. The summed E-state index contributed by atoms with van der Waals surface area (Å²) in [6.07, 6.45) is -1.72. The zero-order chi connectivity index (χ0) is 12.6. The summed E-state index contributed by atoms with van der Waals surface area (Å²) in [4.78, 5) is 10.7. The van der Waals surface area contributed by atoms with Crippen molar-refractivity contribution in [3.05, 3.63) is 40.4 Å². The maximum absolute atomic E-state index is 10.7. The molecule has 0 aromatic heterocycles. The van der Waals surface area contributed by atoms with Gasteiger partial charge in [0.2, 0.25) is 0 Å². The van der Waals surface area contributed by atoms with Gasteiger partial charge in [-0.3, -0.25) is 0 Å². The van der Waals surface area contributed by atoms with Crippen molar-refractivity contribution in [3.8, 4) is 5.75 Å². The standard InChI is InChI=1S/C12H9BrO4/c13-8-2-1-6-5-10(14)9(4-7(6)3-8)11(15)12(16)17/h1-5,11,14-15H,(H,16,17). The van der Waals surface area contributed by atoms with Gasteiger partial charge in [0, 0.05) is 10.0 Å². The predicted molar refractivity (Wildman–Crippen MR) is 65.9 cm³/mol. The van der Waals surface area contributed by atoms with Gasteiger partial charge in [-0.1, -0.05) is 22.0 Å². The fourth-order valence-electron chi connectivity index (χ4n) is 1.63. The molecule has 4 nitrogen and oxygen atoms in total. The van der Waals surface area contributed by atoms with Crippen LogP contribution in [-0.2, 0) is 4.79 Å². The van der Waals surface area contributed by atoms with Crippen LogP contribution in [0.2, 0.25) is 0 Å². The monoisotopic (exact) mass is 296 g/mol. The molecule has 0 amide bonds. The molecule has 2 aromatic carbocycles. The number of carboxylic acids is 1. The number of carbonyl (C=O) groups is 1. The molecule has 1 unspecified atom stereocenters. The molecule has 0 bridgehead atoms. The molecule has 2 rings (SSSR count). The number of phenols is 1. The van der Waals surface area contributed by atoms with Crippen LogP contribution in [0.15, 0.2) is 34.8 Å². The van der Waals surface area contributed by atoms with Crippen LogP contribution in [0.3, 0.4) is 0 Å². The van der Waals surface area contributed by atoms with E-state index in [0.717, 1.165) is 15.2 Å². The highest BCUT2D eigenvalue weighted by Crippen LogP contribution is 2.31. The lowest BCUT2D eigenvalue weighted by molar-refractivity contribution is -0.147. The van der Waals surface area contributed by atoms with Gasteiger partial charge < -0.3 is 15.3 Å². The summed E-state index contributed by atoms with van der Waals surface area (Å²) < 4.78 is 0.839. The molecule has 0 heterocycles. The van der Waals surface area contributed by atoms with Crippen LogP contribution in [0.5, 0.6) is 5.75 Å². The molecular weight excluding hydrogens is 288 g/mol. The number of aliphatic carboxylic acids is 1. The van der Waals surface area contributed by atoms with Gasteiger partial charge >= 0.3 is 5.97 Å². The second-order valence-corrected chi connectivity index (χ2v) is 4.56. The lowest BCUT2D eigenvalue weighted by atomic mass is 10.0. The summed E-state index contributed by atoms with van der Waals surface area (Å²) in [6, 6.07) is 8.29. The third kappa shape index (κ3) is 2.25. The van der Waals surface area contributed by atoms with Gasteiger partial charge in [0.1, 0.15) is 5.75 Å². The summed E-state index contributed by atoms with van der Waals surface area (Å²) in [5, 5.41) is 29.3. The molecule has 0 saturated carbocycles. The van der Waals surface area contributed by atoms with Crippen molar-refractivity contribution in [2.75, 3.05) is 0 Å². The third-order valence-corrected chi connectivity index (χ3v) is 2.97. The number of aromatic hydroxyl groups is 1. The summed E-state index contributed by atoms with van der Waals surface area (Å²) in [6.45, 7) is 0. The van der Waals surface area contributed by atoms with Crippen molar-refractivity contribution in [1.29, 1.82) is 0 Å². The number of hydrogen-bond donors (Lipinski definition) is 3. The smallest absolute Gasteiger partial charge is 0.337 e. The first kappa shape index (κ1) is 11.9. The zero-order valence-electron chi connectivity index (χ0n) is 8.59. The molecule has 0 aliphatic carbocycles. The number of halogens is 1. The molecule has 1 atom stereocenters. The highest BCUT2D eigenvalue weighted by molar-refractivity contribution is 9.10. The Kier molecular flexibility index (Phi) is 3.04. The van der Waals surface area contributed by atoms with Crippen molar-refractivity contribution in [3.63, 3.8) is 0 Å². The largest absolute Gasteiger partial charge is 0.508 e. The fourth-order valence-corrected chi connectivity index (χ4v) is 2.00. The van der Waals surface area contributed by atoms with Crippen molar-refractivity contribution in [2.45, 2.75) is 6.10 Å². The highest BCUT2D eigenvalue weighted by atomic mass is 79.9. The molecule has 0 aliphatic rings. The second kappa shape index (κ2) is 4.35. The van der Waals surface area contributed by atoms with Crippen molar-refractivity contribution in [2.24, 2.45) is 0 Å². The van der Waals surface area contributed by atoms with E-state index < -0.39 is 12.1 Å². The molecule has 3 N–H and O–H groups in total. The summed E-state index contributed by atoms with van der Waals surface area (Å²) in [5.74, 6) is -1.62. The Hall–Kier alpha value is -1.59. The highest BCUT2D eigenvalue weighted by Gasteiger charge is 2.20. The van der Waals surface area contributed by atoms with Crippen LogP contribution in [0.4, 0.5) is 0 Å². The quantitative estimate of drug-likeness (QED) is 0.795. The number of rotatable bonds is 2. The van der Waals surface area contributed by atoms with Gasteiger partial charge in [-0.05, 0) is 35.0 Å². The Balaban J connectivity index is 2.65. The molecule has 17 heavy (non-hydrogen) atoms. The number of fused-ring (bicyclic) bond motifs is 1. The predicted octanol–water partition coefficient (Wildman–Crippen LogP) is 2.43. The van der Waals surface area contributed by atoms with E-state index in [1.165, 1.54) is 12.1 Å². The van der Waals surface area contributed by atoms with Crippen LogP contribution < -0.4 is 0 Å². The molecule has 0 saturated heterocycles. The Morgan fingerprint density at radius 1 is 1.18 bits per heavy atom. The molecule has 0 radical (unpaired) electrons. The number of phenolic OH excluding ortho intramolecular Hbond substituents is 1. The van der Waals surface area contributed by atoms with E-state index >= 15 is 0 Å². The number of aliphatic hydroxyl groups excluding tert-OH is 1. The Labute approximate surface area is 105 Å². The lowest BCUT2D eigenvalue weighted by Gasteiger charge is -2.10. The molecule has 0 aliphatic heterocycles. The van der Waals surface area contributed by atoms with Gasteiger partial charge in [0.05, 0.1) is 0 Å². The number of carboxylic acid groups (broad SMARTS) is 1. The van der Waals surface area contributed by atoms with E-state index in [1.54, 1.807) is 12.1 Å². The molecule has 0 fully saturated rings. The number of hydrogen-bond acceptors (Lipinski definition) is 3. The maximum atomic E-state index is 10.7. The van der Waals surface area contributed by atoms with Gasteiger partial charge in [0.15, 0.2) is 6.10 Å². The average Bonchev–Trinajstić information content (AvgIpc) is 2.27. The lowest BCUT2D eigenvalue weighted by Crippen LogP contribution is -2.10. The van der Waals surface area contributed by atoms with Crippen molar-refractivity contribution < 1.29 is 20.1 Å². The minimum absolute atomic E-state index is 0.0110. The van der Waals surface area contributed by atoms with E-state index in [0.29, 0.717) is 0 Å². The van der Waals surface area contributed by atoms with E-state index in [4.69, 9.17) is 5.11 Å². The maximum Gasteiger partial charge on any atom is 0.337 e. The summed E-state index contributed by atoms with van der Waals surface area (Å²) in [5.41, 5.74) is -0.0110.